The van der Waals surface area contributed by atoms with Gasteiger partial charge in [-0.3, -0.25) is 4.99 Å². The molecule has 1 atom stereocenters. The van der Waals surface area contributed by atoms with Crippen molar-refractivity contribution >= 4 is 29.9 Å². The molecule has 0 aromatic heterocycles. The molecule has 0 amide bonds. The van der Waals surface area contributed by atoms with E-state index >= 15 is 0 Å². The lowest BCUT2D eigenvalue weighted by atomic mass is 10.1. The average Bonchev–Trinajstić information content (AvgIpc) is 3.06. The second-order valence-electron chi connectivity index (χ2n) is 5.95. The Kier molecular flexibility index (Phi) is 17.2. The second kappa shape index (κ2) is 17.3. The Labute approximate surface area is 169 Å². The minimum atomic E-state index is 0. The Balaban J connectivity index is 0.00000576. The van der Waals surface area contributed by atoms with Gasteiger partial charge in [-0.1, -0.05) is 0 Å². The third-order valence-corrected chi connectivity index (χ3v) is 4.01. The predicted octanol–water partition coefficient (Wildman–Crippen LogP) is 1.61. The standard InChI is InChI=1S/C17H35N3O4.HI/c1-18-17(19-7-4-5-9-23-12-10-21-2)20-8-6-16(14-20)15-24-13-11-22-3;/h16H,4-15H2,1-3H3,(H,18,19);1H. The number of methoxy groups -OCH3 is 2. The van der Waals surface area contributed by atoms with Crippen LogP contribution >= 0.6 is 24.0 Å². The third kappa shape index (κ3) is 12.0. The molecule has 0 bridgehead atoms. The highest BCUT2D eigenvalue weighted by Crippen LogP contribution is 2.16. The van der Waals surface area contributed by atoms with E-state index in [-0.39, 0.29) is 24.0 Å². The normalized spacial score (nSPS) is 17.6. The van der Waals surface area contributed by atoms with Crippen molar-refractivity contribution in [3.05, 3.63) is 0 Å². The lowest BCUT2D eigenvalue weighted by Gasteiger charge is -2.21. The van der Waals surface area contributed by atoms with Gasteiger partial charge in [0.2, 0.25) is 0 Å². The maximum Gasteiger partial charge on any atom is 0.193 e. The molecule has 1 rings (SSSR count). The molecule has 0 spiro atoms. The van der Waals surface area contributed by atoms with Gasteiger partial charge < -0.3 is 29.2 Å². The van der Waals surface area contributed by atoms with E-state index in [9.17, 15) is 0 Å². The van der Waals surface area contributed by atoms with Gasteiger partial charge in [-0.05, 0) is 19.3 Å². The summed E-state index contributed by atoms with van der Waals surface area (Å²) in [5.41, 5.74) is 0. The van der Waals surface area contributed by atoms with Crippen LogP contribution in [0.2, 0.25) is 0 Å². The number of hydrogen-bond acceptors (Lipinski definition) is 5. The molecule has 150 valence electrons. The zero-order valence-electron chi connectivity index (χ0n) is 16.0. The van der Waals surface area contributed by atoms with E-state index in [4.69, 9.17) is 18.9 Å². The van der Waals surface area contributed by atoms with Gasteiger partial charge in [0.05, 0.1) is 33.0 Å². The van der Waals surface area contributed by atoms with Crippen LogP contribution < -0.4 is 5.32 Å². The predicted molar refractivity (Wildman–Crippen MR) is 111 cm³/mol. The topological polar surface area (TPSA) is 64.6 Å². The number of halogens is 1. The molecule has 0 aliphatic carbocycles. The van der Waals surface area contributed by atoms with E-state index in [0.29, 0.717) is 32.3 Å². The molecule has 0 saturated carbocycles. The first-order chi connectivity index (χ1) is 11.8. The van der Waals surface area contributed by atoms with Crippen molar-refractivity contribution in [1.82, 2.24) is 10.2 Å². The Morgan fingerprint density at radius 2 is 1.76 bits per heavy atom. The molecule has 1 N–H and O–H groups in total. The summed E-state index contributed by atoms with van der Waals surface area (Å²) in [5.74, 6) is 1.57. The number of nitrogens with one attached hydrogen (secondary N) is 1. The fourth-order valence-corrected chi connectivity index (χ4v) is 2.66. The number of unbranched alkanes of at least 4 members (excludes halogenated alkanes) is 1. The van der Waals surface area contributed by atoms with E-state index < -0.39 is 0 Å². The maximum absolute atomic E-state index is 5.64. The Morgan fingerprint density at radius 1 is 1.04 bits per heavy atom. The average molecular weight is 473 g/mol. The van der Waals surface area contributed by atoms with Gasteiger partial charge in [0.1, 0.15) is 0 Å². The van der Waals surface area contributed by atoms with Crippen LogP contribution in [0.5, 0.6) is 0 Å². The quantitative estimate of drug-likeness (QED) is 0.190. The molecule has 1 heterocycles. The second-order valence-corrected chi connectivity index (χ2v) is 5.95. The van der Waals surface area contributed by atoms with E-state index in [0.717, 1.165) is 58.1 Å². The minimum absolute atomic E-state index is 0. The molecular weight excluding hydrogens is 437 g/mol. The Hall–Kier alpha value is -0.160. The summed E-state index contributed by atoms with van der Waals surface area (Å²) in [4.78, 5) is 6.71. The number of guanidine groups is 1. The van der Waals surface area contributed by atoms with Crippen LogP contribution in [-0.4, -0.2) is 91.4 Å². The lowest BCUT2D eigenvalue weighted by Crippen LogP contribution is -2.40. The van der Waals surface area contributed by atoms with Gasteiger partial charge in [0.25, 0.3) is 0 Å². The molecular formula is C17H36IN3O4. The van der Waals surface area contributed by atoms with Crippen molar-refractivity contribution < 1.29 is 18.9 Å². The van der Waals surface area contributed by atoms with Crippen LogP contribution in [0.1, 0.15) is 19.3 Å². The van der Waals surface area contributed by atoms with E-state index in [1.807, 2.05) is 7.05 Å². The number of rotatable bonds is 13. The fourth-order valence-electron chi connectivity index (χ4n) is 2.66. The number of likely N-dealkylation sites (tertiary alicyclic amines) is 1. The third-order valence-electron chi connectivity index (χ3n) is 4.01. The smallest absolute Gasteiger partial charge is 0.193 e. The van der Waals surface area contributed by atoms with Crippen molar-refractivity contribution in [2.75, 3.05) is 80.5 Å². The first kappa shape index (κ1) is 24.8. The maximum atomic E-state index is 5.64. The highest BCUT2D eigenvalue weighted by molar-refractivity contribution is 14.0. The minimum Gasteiger partial charge on any atom is -0.382 e. The molecule has 0 aromatic carbocycles. The monoisotopic (exact) mass is 473 g/mol. The molecule has 0 aromatic rings. The van der Waals surface area contributed by atoms with Crippen molar-refractivity contribution in [1.29, 1.82) is 0 Å². The van der Waals surface area contributed by atoms with Crippen LogP contribution in [0.3, 0.4) is 0 Å². The molecule has 1 unspecified atom stereocenters. The van der Waals surface area contributed by atoms with Crippen LogP contribution in [-0.2, 0) is 18.9 Å². The van der Waals surface area contributed by atoms with Gasteiger partial charge in [0.15, 0.2) is 5.96 Å². The summed E-state index contributed by atoms with van der Waals surface area (Å²) in [7, 11) is 5.23. The highest BCUT2D eigenvalue weighted by Gasteiger charge is 2.24. The number of nitrogens with zero attached hydrogens (tertiary/aromatic N) is 2. The van der Waals surface area contributed by atoms with E-state index in [1.54, 1.807) is 14.2 Å². The molecule has 1 aliphatic rings. The molecule has 1 saturated heterocycles. The first-order valence-corrected chi connectivity index (χ1v) is 8.90. The highest BCUT2D eigenvalue weighted by atomic mass is 127. The van der Waals surface area contributed by atoms with Gasteiger partial charge in [-0.2, -0.15) is 0 Å². The number of hydrogen-bond donors (Lipinski definition) is 1. The molecule has 7 nitrogen and oxygen atoms in total. The molecule has 0 radical (unpaired) electrons. The van der Waals surface area contributed by atoms with Crippen LogP contribution in [0.4, 0.5) is 0 Å². The van der Waals surface area contributed by atoms with Gasteiger partial charge >= 0.3 is 0 Å². The molecule has 8 heteroatoms. The van der Waals surface area contributed by atoms with Crippen molar-refractivity contribution in [3.63, 3.8) is 0 Å². The van der Waals surface area contributed by atoms with Gasteiger partial charge in [-0.15, -0.1) is 24.0 Å². The van der Waals surface area contributed by atoms with Gasteiger partial charge in [-0.25, -0.2) is 0 Å². The summed E-state index contributed by atoms with van der Waals surface area (Å²) < 4.78 is 21.0. The Bertz CT molecular complexity index is 335. The van der Waals surface area contributed by atoms with Crippen molar-refractivity contribution in [2.24, 2.45) is 10.9 Å². The summed E-state index contributed by atoms with van der Waals surface area (Å²) in [6, 6.07) is 0. The largest absolute Gasteiger partial charge is 0.382 e. The van der Waals surface area contributed by atoms with Crippen LogP contribution in [0.25, 0.3) is 0 Å². The summed E-state index contributed by atoms with van der Waals surface area (Å²) >= 11 is 0. The van der Waals surface area contributed by atoms with E-state index in [2.05, 4.69) is 15.2 Å². The zero-order valence-corrected chi connectivity index (χ0v) is 18.3. The number of aliphatic imine (C=N–C) groups is 1. The fraction of sp³-hybridized carbons (Fsp3) is 0.941. The molecule has 1 aliphatic heterocycles. The summed E-state index contributed by atoms with van der Waals surface area (Å²) in [6.45, 7) is 7.23. The van der Waals surface area contributed by atoms with Crippen LogP contribution in [0, 0.1) is 5.92 Å². The first-order valence-electron chi connectivity index (χ1n) is 8.90. The number of ether oxygens (including phenoxy) is 4. The van der Waals surface area contributed by atoms with E-state index in [1.165, 1.54) is 0 Å². The lowest BCUT2D eigenvalue weighted by molar-refractivity contribution is 0.0536. The van der Waals surface area contributed by atoms with Crippen LogP contribution in [0.15, 0.2) is 4.99 Å². The van der Waals surface area contributed by atoms with Crippen molar-refractivity contribution in [2.45, 2.75) is 19.3 Å². The Morgan fingerprint density at radius 3 is 2.44 bits per heavy atom. The SMILES string of the molecule is CN=C(NCCCCOCCOC)N1CCC(COCCOC)C1.I. The summed E-state index contributed by atoms with van der Waals surface area (Å²) in [6.07, 6.45) is 3.27. The van der Waals surface area contributed by atoms with Crippen molar-refractivity contribution in [3.8, 4) is 0 Å². The molecule has 25 heavy (non-hydrogen) atoms. The van der Waals surface area contributed by atoms with Gasteiger partial charge in [0, 0.05) is 53.4 Å². The zero-order chi connectivity index (χ0) is 17.5. The summed E-state index contributed by atoms with van der Waals surface area (Å²) in [5, 5.41) is 3.45. The molecule has 1 fully saturated rings.